The number of nitrogens with zero attached hydrogens (tertiary/aromatic N) is 5. The summed E-state index contributed by atoms with van der Waals surface area (Å²) in [5, 5.41) is 4.15. The second-order valence-electron chi connectivity index (χ2n) is 6.67. The highest BCUT2D eigenvalue weighted by molar-refractivity contribution is 5.53. The number of hydrogen-bond donors (Lipinski definition) is 0. The van der Waals surface area contributed by atoms with Gasteiger partial charge in [0, 0.05) is 43.9 Å². The summed E-state index contributed by atoms with van der Waals surface area (Å²) in [6.07, 6.45) is 7.50. The molecule has 1 atom stereocenters. The first-order chi connectivity index (χ1) is 13.8. The fraction of sp³-hybridized carbons (Fsp3) is 0.400. The zero-order valence-corrected chi connectivity index (χ0v) is 15.8. The van der Waals surface area contributed by atoms with Crippen LogP contribution in [0.15, 0.2) is 47.4 Å². The lowest BCUT2D eigenvalue weighted by Gasteiger charge is -2.21. The highest BCUT2D eigenvalue weighted by atomic mass is 16.5. The van der Waals surface area contributed by atoms with E-state index in [1.807, 2.05) is 18.3 Å². The van der Waals surface area contributed by atoms with Crippen LogP contribution in [0.25, 0.3) is 11.4 Å². The smallest absolute Gasteiger partial charge is 0.244 e. The predicted molar refractivity (Wildman–Crippen MR) is 102 cm³/mol. The zero-order valence-electron chi connectivity index (χ0n) is 15.8. The molecule has 3 aromatic heterocycles. The van der Waals surface area contributed by atoms with Gasteiger partial charge in [-0.15, -0.1) is 0 Å². The number of aromatic nitrogens is 4. The van der Waals surface area contributed by atoms with E-state index in [4.69, 9.17) is 14.0 Å². The molecule has 0 unspecified atom stereocenters. The Kier molecular flexibility index (Phi) is 5.89. The first kappa shape index (κ1) is 18.5. The molecule has 0 amide bonds. The van der Waals surface area contributed by atoms with Gasteiger partial charge < -0.3 is 14.0 Å². The van der Waals surface area contributed by atoms with Gasteiger partial charge >= 0.3 is 0 Å². The molecule has 1 aliphatic rings. The molecule has 0 N–H and O–H groups in total. The summed E-state index contributed by atoms with van der Waals surface area (Å²) in [6.45, 7) is 2.82. The first-order valence-corrected chi connectivity index (χ1v) is 9.38. The zero-order chi connectivity index (χ0) is 19.2. The van der Waals surface area contributed by atoms with Crippen molar-refractivity contribution in [2.75, 3.05) is 26.9 Å². The van der Waals surface area contributed by atoms with Gasteiger partial charge in [-0.1, -0.05) is 11.2 Å². The molecule has 1 fully saturated rings. The summed E-state index contributed by atoms with van der Waals surface area (Å²) in [5.41, 5.74) is 1.98. The molecular weight excluding hydrogens is 358 g/mol. The summed E-state index contributed by atoms with van der Waals surface area (Å²) in [4.78, 5) is 15.5. The Balaban J connectivity index is 1.43. The molecule has 1 saturated heterocycles. The lowest BCUT2D eigenvalue weighted by atomic mass is 10.2. The minimum atomic E-state index is 0.131. The van der Waals surface area contributed by atoms with Crippen LogP contribution in [0.1, 0.15) is 30.3 Å². The van der Waals surface area contributed by atoms with Gasteiger partial charge in [-0.2, -0.15) is 4.98 Å². The average molecular weight is 381 g/mol. The lowest BCUT2D eigenvalue weighted by Crippen LogP contribution is -2.23. The highest BCUT2D eigenvalue weighted by Gasteiger charge is 2.30. The number of ether oxygens (including phenoxy) is 2. The van der Waals surface area contributed by atoms with Gasteiger partial charge in [0.05, 0.1) is 12.6 Å². The van der Waals surface area contributed by atoms with E-state index >= 15 is 0 Å². The Labute approximate surface area is 163 Å². The fourth-order valence-corrected chi connectivity index (χ4v) is 3.34. The van der Waals surface area contributed by atoms with E-state index in [1.165, 1.54) is 5.56 Å². The minimum absolute atomic E-state index is 0.131. The molecule has 3 aromatic rings. The largest absolute Gasteiger partial charge is 0.475 e. The van der Waals surface area contributed by atoms with Crippen LogP contribution < -0.4 is 4.74 Å². The number of likely N-dealkylation sites (tertiary alicyclic amines) is 1. The molecule has 8 nitrogen and oxygen atoms in total. The van der Waals surface area contributed by atoms with Crippen LogP contribution in [0.3, 0.4) is 0 Å². The third kappa shape index (κ3) is 4.35. The standard InChI is InChI=1S/C20H23N5O3/c1-26-10-11-27-18-7-6-16(13-22-18)19-23-20(28-24-19)17-5-3-9-25(17)14-15-4-2-8-21-12-15/h2,4,6-8,12-13,17H,3,5,9-11,14H2,1H3/t17-/m1/s1. The summed E-state index contributed by atoms with van der Waals surface area (Å²) < 4.78 is 16.0. The van der Waals surface area contributed by atoms with Crippen molar-refractivity contribution < 1.29 is 14.0 Å². The lowest BCUT2D eigenvalue weighted by molar-refractivity contribution is 0.144. The first-order valence-electron chi connectivity index (χ1n) is 9.38. The topological polar surface area (TPSA) is 86.4 Å². The summed E-state index contributed by atoms with van der Waals surface area (Å²) in [5.74, 6) is 1.74. The summed E-state index contributed by atoms with van der Waals surface area (Å²) in [6, 6.07) is 7.85. The second kappa shape index (κ2) is 8.90. The van der Waals surface area contributed by atoms with Crippen molar-refractivity contribution >= 4 is 0 Å². The maximum absolute atomic E-state index is 5.59. The van der Waals surface area contributed by atoms with E-state index in [1.54, 1.807) is 25.6 Å². The summed E-state index contributed by atoms with van der Waals surface area (Å²) >= 11 is 0. The maximum Gasteiger partial charge on any atom is 0.244 e. The van der Waals surface area contributed by atoms with Crippen LogP contribution in [0.2, 0.25) is 0 Å². The quantitative estimate of drug-likeness (QED) is 0.551. The summed E-state index contributed by atoms with van der Waals surface area (Å²) in [7, 11) is 1.63. The molecule has 28 heavy (non-hydrogen) atoms. The molecule has 1 aliphatic heterocycles. The molecule has 0 aliphatic carbocycles. The molecule has 0 aromatic carbocycles. The molecular formula is C20H23N5O3. The molecule has 0 bridgehead atoms. The molecule has 4 heterocycles. The van der Waals surface area contributed by atoms with Crippen molar-refractivity contribution in [3.63, 3.8) is 0 Å². The van der Waals surface area contributed by atoms with Crippen LogP contribution in [0.4, 0.5) is 0 Å². The van der Waals surface area contributed by atoms with Crippen molar-refractivity contribution in [3.8, 4) is 17.3 Å². The Morgan fingerprint density at radius 1 is 1.21 bits per heavy atom. The van der Waals surface area contributed by atoms with E-state index in [-0.39, 0.29) is 6.04 Å². The van der Waals surface area contributed by atoms with E-state index in [0.717, 1.165) is 31.5 Å². The molecule has 0 saturated carbocycles. The Morgan fingerprint density at radius 3 is 2.96 bits per heavy atom. The van der Waals surface area contributed by atoms with Crippen molar-refractivity contribution in [3.05, 3.63) is 54.3 Å². The highest BCUT2D eigenvalue weighted by Crippen LogP contribution is 2.33. The third-order valence-corrected chi connectivity index (χ3v) is 4.73. The molecule has 8 heteroatoms. The third-order valence-electron chi connectivity index (χ3n) is 4.73. The van der Waals surface area contributed by atoms with Gasteiger partial charge in [0.2, 0.25) is 17.6 Å². The number of methoxy groups -OCH3 is 1. The van der Waals surface area contributed by atoms with Gasteiger partial charge in [0.1, 0.15) is 6.61 Å². The van der Waals surface area contributed by atoms with E-state index in [9.17, 15) is 0 Å². The van der Waals surface area contributed by atoms with E-state index in [0.29, 0.717) is 30.8 Å². The second-order valence-corrected chi connectivity index (χ2v) is 6.67. The van der Waals surface area contributed by atoms with Gasteiger partial charge in [0.15, 0.2) is 0 Å². The normalized spacial score (nSPS) is 17.1. The van der Waals surface area contributed by atoms with E-state index in [2.05, 4.69) is 31.1 Å². The molecule has 0 spiro atoms. The van der Waals surface area contributed by atoms with Crippen LogP contribution in [0, 0.1) is 0 Å². The van der Waals surface area contributed by atoms with Gasteiger partial charge in [-0.3, -0.25) is 9.88 Å². The van der Waals surface area contributed by atoms with Crippen LogP contribution in [0.5, 0.6) is 5.88 Å². The number of pyridine rings is 2. The average Bonchev–Trinajstić information content (AvgIpc) is 3.39. The van der Waals surface area contributed by atoms with Crippen molar-refractivity contribution in [2.24, 2.45) is 0 Å². The SMILES string of the molecule is COCCOc1ccc(-c2noc([C@H]3CCCN3Cc3cccnc3)n2)cn1. The monoisotopic (exact) mass is 381 g/mol. The predicted octanol–water partition coefficient (Wildman–Crippen LogP) is 2.89. The van der Waals surface area contributed by atoms with Gasteiger partial charge in [0.25, 0.3) is 0 Å². The van der Waals surface area contributed by atoms with Crippen molar-refractivity contribution in [2.45, 2.75) is 25.4 Å². The Bertz CT molecular complexity index is 869. The molecule has 0 radical (unpaired) electrons. The van der Waals surface area contributed by atoms with Crippen LogP contribution in [-0.4, -0.2) is 51.9 Å². The maximum atomic E-state index is 5.59. The number of rotatable bonds is 8. The van der Waals surface area contributed by atoms with E-state index < -0.39 is 0 Å². The van der Waals surface area contributed by atoms with Crippen LogP contribution in [-0.2, 0) is 11.3 Å². The number of hydrogen-bond acceptors (Lipinski definition) is 8. The van der Waals surface area contributed by atoms with Crippen molar-refractivity contribution in [1.82, 2.24) is 25.0 Å². The fourth-order valence-electron chi connectivity index (χ4n) is 3.34. The van der Waals surface area contributed by atoms with Gasteiger partial charge in [-0.25, -0.2) is 4.98 Å². The molecule has 4 rings (SSSR count). The minimum Gasteiger partial charge on any atom is -0.475 e. The molecule has 146 valence electrons. The Morgan fingerprint density at radius 2 is 2.18 bits per heavy atom. The van der Waals surface area contributed by atoms with Crippen molar-refractivity contribution in [1.29, 1.82) is 0 Å². The van der Waals surface area contributed by atoms with Gasteiger partial charge in [-0.05, 0) is 37.1 Å². The van der Waals surface area contributed by atoms with Crippen LogP contribution >= 0.6 is 0 Å². The Hall–Kier alpha value is -2.84.